The molecule has 2 N–H and O–H groups in total. The summed E-state index contributed by atoms with van der Waals surface area (Å²) in [4.78, 5) is 0. The van der Waals surface area contributed by atoms with Gasteiger partial charge in [0.15, 0.2) is 0 Å². The van der Waals surface area contributed by atoms with E-state index in [1.165, 1.54) is 18.4 Å². The van der Waals surface area contributed by atoms with E-state index in [0.29, 0.717) is 6.04 Å². The van der Waals surface area contributed by atoms with Gasteiger partial charge in [-0.15, -0.1) is 6.42 Å². The van der Waals surface area contributed by atoms with E-state index in [2.05, 4.69) is 18.1 Å². The third-order valence-electron chi connectivity index (χ3n) is 2.79. The van der Waals surface area contributed by atoms with Gasteiger partial charge in [0, 0.05) is 11.6 Å². The van der Waals surface area contributed by atoms with Gasteiger partial charge < -0.3 is 5.73 Å². The van der Waals surface area contributed by atoms with E-state index < -0.39 is 0 Å². The summed E-state index contributed by atoms with van der Waals surface area (Å²) in [5.74, 6) is 3.40. The van der Waals surface area contributed by atoms with Crippen LogP contribution >= 0.6 is 0 Å². The molecule has 0 spiro atoms. The molecule has 2 rings (SSSR count). The maximum atomic E-state index is 6.05. The van der Waals surface area contributed by atoms with Gasteiger partial charge in [0.05, 0.1) is 0 Å². The first kappa shape index (κ1) is 9.30. The SMILES string of the molecule is C#Cc1cccc(CC(N)C2CC2)c1. The molecule has 1 aliphatic rings. The van der Waals surface area contributed by atoms with Crippen LogP contribution in [-0.2, 0) is 6.42 Å². The van der Waals surface area contributed by atoms with Crippen LogP contribution in [0.3, 0.4) is 0 Å². The molecule has 1 atom stereocenters. The third kappa shape index (κ3) is 2.16. The molecular formula is C13H15N. The van der Waals surface area contributed by atoms with Gasteiger partial charge in [-0.2, -0.15) is 0 Å². The maximum absolute atomic E-state index is 6.05. The Morgan fingerprint density at radius 2 is 2.29 bits per heavy atom. The molecule has 14 heavy (non-hydrogen) atoms. The summed E-state index contributed by atoms with van der Waals surface area (Å²) in [6.07, 6.45) is 8.90. The Hall–Kier alpha value is -1.26. The summed E-state index contributed by atoms with van der Waals surface area (Å²) in [7, 11) is 0. The Bertz CT molecular complexity index is 358. The van der Waals surface area contributed by atoms with Crippen LogP contribution < -0.4 is 5.73 Å². The number of hydrogen-bond acceptors (Lipinski definition) is 1. The minimum atomic E-state index is 0.322. The Morgan fingerprint density at radius 1 is 1.50 bits per heavy atom. The summed E-state index contributed by atoms with van der Waals surface area (Å²) in [6, 6.07) is 8.43. The van der Waals surface area contributed by atoms with E-state index in [1.807, 2.05) is 12.1 Å². The molecule has 0 amide bonds. The molecule has 1 saturated carbocycles. The van der Waals surface area contributed by atoms with E-state index in [4.69, 9.17) is 12.2 Å². The monoisotopic (exact) mass is 185 g/mol. The molecule has 1 aliphatic carbocycles. The Labute approximate surface area is 85.3 Å². The molecule has 1 aromatic carbocycles. The standard InChI is InChI=1S/C13H15N/c1-2-10-4-3-5-11(8-10)9-13(14)12-6-7-12/h1,3-5,8,12-13H,6-7,9,14H2. The molecule has 1 aromatic rings. The molecule has 1 unspecified atom stereocenters. The first-order valence-corrected chi connectivity index (χ1v) is 5.11. The summed E-state index contributed by atoms with van der Waals surface area (Å²) in [5, 5.41) is 0. The smallest absolute Gasteiger partial charge is 0.0245 e. The summed E-state index contributed by atoms with van der Waals surface area (Å²) in [6.45, 7) is 0. The van der Waals surface area contributed by atoms with Crippen LogP contribution in [-0.4, -0.2) is 6.04 Å². The molecule has 0 heterocycles. The van der Waals surface area contributed by atoms with Crippen molar-refractivity contribution < 1.29 is 0 Å². The van der Waals surface area contributed by atoms with Gasteiger partial charge in [-0.05, 0) is 42.9 Å². The van der Waals surface area contributed by atoms with Crippen molar-refractivity contribution >= 4 is 0 Å². The molecule has 1 heteroatoms. The quantitative estimate of drug-likeness (QED) is 0.716. The lowest BCUT2D eigenvalue weighted by Crippen LogP contribution is -2.24. The average Bonchev–Trinajstić information content (AvgIpc) is 3.01. The molecule has 1 fully saturated rings. The molecule has 0 bridgehead atoms. The zero-order chi connectivity index (χ0) is 9.97. The van der Waals surface area contributed by atoms with Crippen molar-refractivity contribution in [3.63, 3.8) is 0 Å². The highest BCUT2D eigenvalue weighted by atomic mass is 14.7. The van der Waals surface area contributed by atoms with E-state index in [9.17, 15) is 0 Å². The molecule has 0 radical (unpaired) electrons. The van der Waals surface area contributed by atoms with Crippen molar-refractivity contribution in [1.29, 1.82) is 0 Å². The fraction of sp³-hybridized carbons (Fsp3) is 0.385. The van der Waals surface area contributed by atoms with Crippen molar-refractivity contribution in [3.8, 4) is 12.3 Å². The largest absolute Gasteiger partial charge is 0.327 e. The zero-order valence-electron chi connectivity index (χ0n) is 8.24. The fourth-order valence-corrected chi connectivity index (χ4v) is 1.75. The van der Waals surface area contributed by atoms with Crippen molar-refractivity contribution in [1.82, 2.24) is 0 Å². The minimum Gasteiger partial charge on any atom is -0.327 e. The molecule has 1 nitrogen and oxygen atoms in total. The van der Waals surface area contributed by atoms with Crippen molar-refractivity contribution in [2.24, 2.45) is 11.7 Å². The molecule has 72 valence electrons. The first-order chi connectivity index (χ1) is 6.79. The highest BCUT2D eigenvalue weighted by Gasteiger charge is 2.28. The van der Waals surface area contributed by atoms with Gasteiger partial charge in [0.2, 0.25) is 0 Å². The summed E-state index contributed by atoms with van der Waals surface area (Å²) in [5.41, 5.74) is 8.26. The van der Waals surface area contributed by atoms with Gasteiger partial charge in [-0.3, -0.25) is 0 Å². The van der Waals surface area contributed by atoms with Crippen LogP contribution in [0.4, 0.5) is 0 Å². The topological polar surface area (TPSA) is 26.0 Å². The van der Waals surface area contributed by atoms with E-state index in [1.54, 1.807) is 0 Å². The second-order valence-corrected chi connectivity index (χ2v) is 4.05. The second-order valence-electron chi connectivity index (χ2n) is 4.05. The number of rotatable bonds is 3. The number of benzene rings is 1. The van der Waals surface area contributed by atoms with Crippen LogP contribution in [0.25, 0.3) is 0 Å². The molecule has 0 saturated heterocycles. The predicted molar refractivity (Wildman–Crippen MR) is 58.8 cm³/mol. The van der Waals surface area contributed by atoms with Gasteiger partial charge >= 0.3 is 0 Å². The van der Waals surface area contributed by atoms with E-state index in [-0.39, 0.29) is 0 Å². The lowest BCUT2D eigenvalue weighted by molar-refractivity contribution is 0.591. The number of nitrogens with two attached hydrogens (primary N) is 1. The van der Waals surface area contributed by atoms with Crippen LogP contribution in [0.5, 0.6) is 0 Å². The first-order valence-electron chi connectivity index (χ1n) is 5.11. The van der Waals surface area contributed by atoms with E-state index >= 15 is 0 Å². The highest BCUT2D eigenvalue weighted by Crippen LogP contribution is 2.32. The Kier molecular flexibility index (Phi) is 2.56. The lowest BCUT2D eigenvalue weighted by atomic mass is 10.0. The second kappa shape index (κ2) is 3.86. The number of terminal acetylenes is 1. The van der Waals surface area contributed by atoms with Crippen LogP contribution in [0, 0.1) is 18.3 Å². The Balaban J connectivity index is 2.04. The Morgan fingerprint density at radius 3 is 2.93 bits per heavy atom. The lowest BCUT2D eigenvalue weighted by Gasteiger charge is -2.09. The van der Waals surface area contributed by atoms with E-state index in [0.717, 1.165) is 17.9 Å². The molecular weight excluding hydrogens is 170 g/mol. The zero-order valence-corrected chi connectivity index (χ0v) is 8.24. The number of hydrogen-bond donors (Lipinski definition) is 1. The fourth-order valence-electron chi connectivity index (χ4n) is 1.75. The predicted octanol–water partition coefficient (Wildman–Crippen LogP) is 1.95. The summed E-state index contributed by atoms with van der Waals surface area (Å²) < 4.78 is 0. The van der Waals surface area contributed by atoms with Crippen molar-refractivity contribution in [3.05, 3.63) is 35.4 Å². The van der Waals surface area contributed by atoms with Crippen molar-refractivity contribution in [2.45, 2.75) is 25.3 Å². The average molecular weight is 185 g/mol. The molecule has 0 aliphatic heterocycles. The van der Waals surface area contributed by atoms with Crippen LogP contribution in [0.15, 0.2) is 24.3 Å². The van der Waals surface area contributed by atoms with Crippen LogP contribution in [0.1, 0.15) is 24.0 Å². The minimum absolute atomic E-state index is 0.322. The van der Waals surface area contributed by atoms with Gasteiger partial charge in [0.25, 0.3) is 0 Å². The van der Waals surface area contributed by atoms with Gasteiger partial charge in [-0.1, -0.05) is 18.1 Å². The normalized spacial score (nSPS) is 17.4. The van der Waals surface area contributed by atoms with Gasteiger partial charge in [-0.25, -0.2) is 0 Å². The highest BCUT2D eigenvalue weighted by molar-refractivity contribution is 5.35. The van der Waals surface area contributed by atoms with Crippen LogP contribution in [0.2, 0.25) is 0 Å². The third-order valence-corrected chi connectivity index (χ3v) is 2.79. The summed E-state index contributed by atoms with van der Waals surface area (Å²) >= 11 is 0. The van der Waals surface area contributed by atoms with Gasteiger partial charge in [0.1, 0.15) is 0 Å². The van der Waals surface area contributed by atoms with Crippen molar-refractivity contribution in [2.75, 3.05) is 0 Å². The maximum Gasteiger partial charge on any atom is 0.0245 e. The molecule has 0 aromatic heterocycles.